The molecule has 0 unspecified atom stereocenters. The summed E-state index contributed by atoms with van der Waals surface area (Å²) in [6.45, 7) is 1.66. The summed E-state index contributed by atoms with van der Waals surface area (Å²) < 4.78 is 14.7. The molecule has 29 heavy (non-hydrogen) atoms. The highest BCUT2D eigenvalue weighted by Gasteiger charge is 2.16. The standard InChI is InChI=1S/C21H17FN4O2S/c1-13(24)17(10-23)19(27)12-29-21-25-18-5-3-2-4-16(18)20(28)26(21)11-14-6-8-15(22)9-7-14/h2-9H,11-12,24H2,1H3/b17-13-. The quantitative estimate of drug-likeness (QED) is 0.291. The van der Waals surface area contributed by atoms with Gasteiger partial charge in [-0.05, 0) is 36.8 Å². The summed E-state index contributed by atoms with van der Waals surface area (Å²) in [4.78, 5) is 29.9. The van der Waals surface area contributed by atoms with Crippen molar-refractivity contribution in [1.82, 2.24) is 9.55 Å². The number of carbonyl (C=O) groups is 1. The third kappa shape index (κ3) is 4.52. The molecular weight excluding hydrogens is 391 g/mol. The number of nitriles is 1. The first-order chi connectivity index (χ1) is 13.9. The van der Waals surface area contributed by atoms with E-state index >= 15 is 0 Å². The molecule has 1 heterocycles. The van der Waals surface area contributed by atoms with Gasteiger partial charge in [-0.2, -0.15) is 5.26 Å². The Morgan fingerprint density at radius 2 is 1.93 bits per heavy atom. The summed E-state index contributed by atoms with van der Waals surface area (Å²) in [6, 6.07) is 14.5. The Labute approximate surface area is 170 Å². The van der Waals surface area contributed by atoms with Crippen LogP contribution in [0.4, 0.5) is 4.39 Å². The molecule has 146 valence electrons. The normalized spacial score (nSPS) is 11.8. The molecule has 2 N–H and O–H groups in total. The van der Waals surface area contributed by atoms with Crippen molar-refractivity contribution in [1.29, 1.82) is 5.26 Å². The fourth-order valence-corrected chi connectivity index (χ4v) is 3.61. The maximum atomic E-state index is 13.2. The van der Waals surface area contributed by atoms with E-state index in [9.17, 15) is 14.0 Å². The van der Waals surface area contributed by atoms with Crippen LogP contribution in [0.1, 0.15) is 12.5 Å². The predicted octanol–water partition coefficient (Wildman–Crippen LogP) is 3.00. The molecule has 2 aromatic carbocycles. The molecule has 0 saturated carbocycles. The smallest absolute Gasteiger partial charge is 0.262 e. The topological polar surface area (TPSA) is 102 Å². The van der Waals surface area contributed by atoms with Crippen LogP contribution in [0.15, 0.2) is 69.8 Å². The van der Waals surface area contributed by atoms with Gasteiger partial charge in [0.1, 0.15) is 17.5 Å². The van der Waals surface area contributed by atoms with Crippen molar-refractivity contribution in [2.45, 2.75) is 18.6 Å². The average Bonchev–Trinajstić information content (AvgIpc) is 2.70. The maximum absolute atomic E-state index is 13.2. The average molecular weight is 408 g/mol. The van der Waals surface area contributed by atoms with Gasteiger partial charge in [-0.1, -0.05) is 36.0 Å². The van der Waals surface area contributed by atoms with E-state index in [-0.39, 0.29) is 34.9 Å². The van der Waals surface area contributed by atoms with Gasteiger partial charge >= 0.3 is 0 Å². The highest BCUT2D eigenvalue weighted by molar-refractivity contribution is 7.99. The first-order valence-electron chi connectivity index (χ1n) is 8.67. The third-order valence-electron chi connectivity index (χ3n) is 4.20. The molecule has 3 rings (SSSR count). The van der Waals surface area contributed by atoms with E-state index in [0.29, 0.717) is 21.6 Å². The predicted molar refractivity (Wildman–Crippen MR) is 110 cm³/mol. The van der Waals surface area contributed by atoms with E-state index in [0.717, 1.165) is 11.8 Å². The molecule has 6 nitrogen and oxygen atoms in total. The van der Waals surface area contributed by atoms with E-state index in [1.165, 1.54) is 23.6 Å². The molecule has 0 aliphatic rings. The van der Waals surface area contributed by atoms with Crippen LogP contribution in [0.2, 0.25) is 0 Å². The molecule has 0 aliphatic heterocycles. The zero-order valence-corrected chi connectivity index (χ0v) is 16.4. The molecule has 0 spiro atoms. The molecule has 3 aromatic rings. The van der Waals surface area contributed by atoms with Crippen molar-refractivity contribution in [3.05, 3.63) is 81.5 Å². The van der Waals surface area contributed by atoms with E-state index in [1.807, 2.05) is 0 Å². The minimum Gasteiger partial charge on any atom is -0.401 e. The molecule has 0 amide bonds. The number of aromatic nitrogens is 2. The van der Waals surface area contributed by atoms with Crippen LogP contribution in [0.5, 0.6) is 0 Å². The molecule has 0 bridgehead atoms. The molecule has 0 fully saturated rings. The number of allylic oxidation sites excluding steroid dienone is 2. The summed E-state index contributed by atoms with van der Waals surface area (Å²) in [5.41, 5.74) is 6.59. The number of rotatable bonds is 6. The second kappa shape index (κ2) is 8.71. The highest BCUT2D eigenvalue weighted by atomic mass is 32.2. The lowest BCUT2D eigenvalue weighted by Gasteiger charge is -2.13. The van der Waals surface area contributed by atoms with Crippen molar-refractivity contribution in [3.8, 4) is 6.07 Å². The van der Waals surface area contributed by atoms with Crippen LogP contribution in [-0.2, 0) is 11.3 Å². The molecule has 0 radical (unpaired) electrons. The lowest BCUT2D eigenvalue weighted by Crippen LogP contribution is -2.24. The van der Waals surface area contributed by atoms with Gasteiger partial charge in [0.2, 0.25) is 0 Å². The Kier molecular flexibility index (Phi) is 6.10. The van der Waals surface area contributed by atoms with Crippen LogP contribution in [-0.4, -0.2) is 21.1 Å². The van der Waals surface area contributed by atoms with E-state index in [4.69, 9.17) is 11.0 Å². The Morgan fingerprint density at radius 3 is 2.59 bits per heavy atom. The number of hydrogen-bond acceptors (Lipinski definition) is 6. The SMILES string of the molecule is C/C(N)=C(\C#N)C(=O)CSc1nc2ccccc2c(=O)n1Cc1ccc(F)cc1. The van der Waals surface area contributed by atoms with Crippen LogP contribution in [0.3, 0.4) is 0 Å². The number of para-hydroxylation sites is 1. The summed E-state index contributed by atoms with van der Waals surface area (Å²) in [5.74, 6) is -0.898. The molecule has 1 aromatic heterocycles. The molecule has 8 heteroatoms. The van der Waals surface area contributed by atoms with Crippen LogP contribution >= 0.6 is 11.8 Å². The van der Waals surface area contributed by atoms with Crippen molar-refractivity contribution >= 4 is 28.4 Å². The van der Waals surface area contributed by atoms with Gasteiger partial charge in [-0.15, -0.1) is 0 Å². The lowest BCUT2D eigenvalue weighted by molar-refractivity contribution is -0.112. The van der Waals surface area contributed by atoms with E-state index in [1.54, 1.807) is 42.5 Å². The Balaban J connectivity index is 2.01. The number of nitrogens with two attached hydrogens (primary N) is 1. The van der Waals surface area contributed by atoms with Gasteiger partial charge in [-0.3, -0.25) is 14.2 Å². The van der Waals surface area contributed by atoms with Gasteiger partial charge in [0.25, 0.3) is 5.56 Å². The third-order valence-corrected chi connectivity index (χ3v) is 5.17. The summed E-state index contributed by atoms with van der Waals surface area (Å²) in [6.07, 6.45) is 0. The number of carbonyl (C=O) groups excluding carboxylic acids is 1. The second-order valence-electron chi connectivity index (χ2n) is 6.31. The molecular formula is C21H17FN4O2S. The summed E-state index contributed by atoms with van der Waals surface area (Å²) >= 11 is 1.06. The van der Waals surface area contributed by atoms with E-state index in [2.05, 4.69) is 4.98 Å². The summed E-state index contributed by atoms with van der Waals surface area (Å²) in [5, 5.41) is 9.88. The van der Waals surface area contributed by atoms with Gasteiger partial charge < -0.3 is 5.73 Å². The van der Waals surface area contributed by atoms with Gasteiger partial charge in [0, 0.05) is 5.70 Å². The van der Waals surface area contributed by atoms with Crippen molar-refractivity contribution < 1.29 is 9.18 Å². The minimum atomic E-state index is -0.437. The Hall–Kier alpha value is -3.44. The van der Waals surface area contributed by atoms with Crippen molar-refractivity contribution in [2.24, 2.45) is 5.73 Å². The van der Waals surface area contributed by atoms with Crippen LogP contribution < -0.4 is 11.3 Å². The van der Waals surface area contributed by atoms with E-state index < -0.39 is 5.78 Å². The molecule has 0 saturated heterocycles. The minimum absolute atomic E-state index is 0.0916. The first kappa shape index (κ1) is 20.3. The second-order valence-corrected chi connectivity index (χ2v) is 7.25. The zero-order valence-electron chi connectivity index (χ0n) is 15.6. The number of nitrogens with zero attached hydrogens (tertiary/aromatic N) is 3. The van der Waals surface area contributed by atoms with Gasteiger partial charge in [0.05, 0.1) is 23.2 Å². The van der Waals surface area contributed by atoms with Gasteiger partial charge in [-0.25, -0.2) is 9.37 Å². The lowest BCUT2D eigenvalue weighted by atomic mass is 10.2. The summed E-state index contributed by atoms with van der Waals surface area (Å²) in [7, 11) is 0. The largest absolute Gasteiger partial charge is 0.401 e. The number of fused-ring (bicyclic) bond motifs is 1. The fourth-order valence-electron chi connectivity index (χ4n) is 2.74. The monoisotopic (exact) mass is 408 g/mol. The Bertz CT molecular complexity index is 1210. The number of ketones is 1. The fraction of sp³-hybridized carbons (Fsp3) is 0.143. The van der Waals surface area contributed by atoms with Crippen LogP contribution in [0.25, 0.3) is 10.9 Å². The number of hydrogen-bond donors (Lipinski definition) is 1. The Morgan fingerprint density at radius 1 is 1.24 bits per heavy atom. The molecule has 0 atom stereocenters. The highest BCUT2D eigenvalue weighted by Crippen LogP contribution is 2.20. The number of thioether (sulfide) groups is 1. The number of Topliss-reactive ketones (excluding diaryl/α,β-unsaturated/α-hetero) is 1. The number of halogens is 1. The first-order valence-corrected chi connectivity index (χ1v) is 9.65. The van der Waals surface area contributed by atoms with Crippen LogP contribution in [0, 0.1) is 17.1 Å². The van der Waals surface area contributed by atoms with Crippen molar-refractivity contribution in [3.63, 3.8) is 0 Å². The zero-order chi connectivity index (χ0) is 21.0. The number of benzene rings is 2. The molecule has 0 aliphatic carbocycles. The maximum Gasteiger partial charge on any atom is 0.262 e. The van der Waals surface area contributed by atoms with Crippen molar-refractivity contribution in [2.75, 3.05) is 5.75 Å². The van der Waals surface area contributed by atoms with Gasteiger partial charge in [0.15, 0.2) is 10.9 Å².